The summed E-state index contributed by atoms with van der Waals surface area (Å²) >= 11 is 0. The van der Waals surface area contributed by atoms with Crippen molar-refractivity contribution in [2.24, 2.45) is 0 Å². The zero-order valence-electron chi connectivity index (χ0n) is 14.6. The first-order valence-corrected chi connectivity index (χ1v) is 8.28. The molecule has 7 nitrogen and oxygen atoms in total. The maximum Gasteiger partial charge on any atom is 0.339 e. The quantitative estimate of drug-likeness (QED) is 0.717. The van der Waals surface area contributed by atoms with Crippen LogP contribution in [0.4, 0.5) is 5.69 Å². The first-order valence-electron chi connectivity index (χ1n) is 8.28. The van der Waals surface area contributed by atoms with Crippen molar-refractivity contribution in [3.8, 4) is 0 Å². The van der Waals surface area contributed by atoms with Gasteiger partial charge in [-0.05, 0) is 17.7 Å². The van der Waals surface area contributed by atoms with E-state index in [1.54, 1.807) is 42.5 Å². The Kier molecular flexibility index (Phi) is 3.62. The van der Waals surface area contributed by atoms with Crippen LogP contribution in [0.5, 0.6) is 0 Å². The topological polar surface area (TPSA) is 90.0 Å². The summed E-state index contributed by atoms with van der Waals surface area (Å²) in [6.07, 6.45) is 0. The number of fused-ring (bicyclic) bond motifs is 3. The maximum atomic E-state index is 13.4. The van der Waals surface area contributed by atoms with Gasteiger partial charge in [-0.2, -0.15) is 0 Å². The van der Waals surface area contributed by atoms with E-state index in [9.17, 15) is 19.2 Å². The number of benzene rings is 2. The van der Waals surface area contributed by atoms with Gasteiger partial charge in [0, 0.05) is 12.5 Å². The predicted octanol–water partition coefficient (Wildman–Crippen LogP) is 1.90. The molecular formula is C20H15NO6. The summed E-state index contributed by atoms with van der Waals surface area (Å²) in [5.74, 6) is -4.02. The van der Waals surface area contributed by atoms with Crippen molar-refractivity contribution in [3.05, 3.63) is 65.2 Å². The van der Waals surface area contributed by atoms with Gasteiger partial charge in [0.15, 0.2) is 0 Å². The number of anilines is 1. The summed E-state index contributed by atoms with van der Waals surface area (Å²) < 4.78 is 10.6. The third-order valence-electron chi connectivity index (χ3n) is 4.97. The predicted molar refractivity (Wildman–Crippen MR) is 92.9 cm³/mol. The average Bonchev–Trinajstić information content (AvgIpc) is 2.90. The molecule has 27 heavy (non-hydrogen) atoms. The number of hydrogen-bond donors (Lipinski definition) is 0. The summed E-state index contributed by atoms with van der Waals surface area (Å²) in [6.45, 7) is 1.24. The van der Waals surface area contributed by atoms with E-state index in [4.69, 9.17) is 9.47 Å². The number of imide groups is 1. The molecule has 0 saturated heterocycles. The molecule has 2 aromatic carbocycles. The van der Waals surface area contributed by atoms with Gasteiger partial charge < -0.3 is 9.47 Å². The number of carbonyl (C=O) groups excluding carboxylic acids is 4. The summed E-state index contributed by atoms with van der Waals surface area (Å²) in [6, 6.07) is 12.9. The third kappa shape index (κ3) is 2.08. The number of carbonyl (C=O) groups is 4. The van der Waals surface area contributed by atoms with Gasteiger partial charge in [0.1, 0.15) is 5.92 Å². The smallest absolute Gasteiger partial charge is 0.339 e. The fourth-order valence-corrected chi connectivity index (χ4v) is 3.89. The van der Waals surface area contributed by atoms with Crippen LogP contribution in [0.1, 0.15) is 34.3 Å². The standard InChI is InChI=1S/C20H15NO6/c1-11(22)21-15-10-6-5-9-14(15)20(19(21)25)16(18(24)26-2)12-7-3-4-8-13(12)17(23)27-20/h3-10,16H,1-2H3. The Morgan fingerprint density at radius 2 is 1.74 bits per heavy atom. The van der Waals surface area contributed by atoms with Crippen LogP contribution < -0.4 is 4.90 Å². The van der Waals surface area contributed by atoms with Crippen LogP contribution in [0.3, 0.4) is 0 Å². The first kappa shape index (κ1) is 17.0. The number of methoxy groups -OCH3 is 1. The zero-order valence-corrected chi connectivity index (χ0v) is 14.6. The SMILES string of the molecule is COC(=O)C1c2ccccc2C(=O)OC12C(=O)N(C(C)=O)c1ccccc12. The molecule has 4 rings (SSSR count). The van der Waals surface area contributed by atoms with Crippen molar-refractivity contribution < 1.29 is 28.7 Å². The average molecular weight is 365 g/mol. The lowest BCUT2D eigenvalue weighted by molar-refractivity contribution is -0.159. The number of amides is 2. The molecule has 1 spiro atoms. The maximum absolute atomic E-state index is 13.4. The highest BCUT2D eigenvalue weighted by Crippen LogP contribution is 2.54. The molecule has 2 heterocycles. The Morgan fingerprint density at radius 3 is 2.44 bits per heavy atom. The summed E-state index contributed by atoms with van der Waals surface area (Å²) in [7, 11) is 1.20. The van der Waals surface area contributed by atoms with Crippen molar-refractivity contribution in [2.75, 3.05) is 12.0 Å². The largest absolute Gasteiger partial charge is 0.468 e. The van der Waals surface area contributed by atoms with Gasteiger partial charge in [-0.3, -0.25) is 14.4 Å². The minimum Gasteiger partial charge on any atom is -0.468 e. The first-order chi connectivity index (χ1) is 12.9. The highest BCUT2D eigenvalue weighted by molar-refractivity contribution is 6.24. The minimum absolute atomic E-state index is 0.185. The van der Waals surface area contributed by atoms with Gasteiger partial charge in [-0.1, -0.05) is 36.4 Å². The molecule has 136 valence electrons. The Labute approximate surface area is 154 Å². The Morgan fingerprint density at radius 1 is 1.07 bits per heavy atom. The van der Waals surface area contributed by atoms with Crippen LogP contribution in [-0.4, -0.2) is 30.9 Å². The second-order valence-electron chi connectivity index (χ2n) is 6.35. The lowest BCUT2D eigenvalue weighted by Crippen LogP contribution is -2.53. The van der Waals surface area contributed by atoms with Crippen LogP contribution in [0, 0.1) is 0 Å². The lowest BCUT2D eigenvalue weighted by Gasteiger charge is -2.38. The summed E-state index contributed by atoms with van der Waals surface area (Å²) in [5, 5.41) is 0. The second-order valence-corrected chi connectivity index (χ2v) is 6.35. The van der Waals surface area contributed by atoms with E-state index < -0.39 is 35.3 Å². The van der Waals surface area contributed by atoms with Crippen molar-refractivity contribution in [3.63, 3.8) is 0 Å². The molecule has 2 unspecified atom stereocenters. The number of ether oxygens (including phenoxy) is 2. The van der Waals surface area contributed by atoms with Crippen molar-refractivity contribution in [1.29, 1.82) is 0 Å². The van der Waals surface area contributed by atoms with E-state index in [-0.39, 0.29) is 16.8 Å². The van der Waals surface area contributed by atoms with Gasteiger partial charge in [0.05, 0.1) is 18.4 Å². The minimum atomic E-state index is -1.99. The van der Waals surface area contributed by atoms with Crippen LogP contribution >= 0.6 is 0 Å². The molecular weight excluding hydrogens is 350 g/mol. The van der Waals surface area contributed by atoms with E-state index in [0.717, 1.165) is 4.90 Å². The molecule has 0 aliphatic carbocycles. The highest BCUT2D eigenvalue weighted by atomic mass is 16.6. The van der Waals surface area contributed by atoms with Crippen molar-refractivity contribution in [2.45, 2.75) is 18.4 Å². The van der Waals surface area contributed by atoms with Gasteiger partial charge in [0.25, 0.3) is 5.91 Å². The molecule has 2 aromatic rings. The molecule has 0 N–H and O–H groups in total. The van der Waals surface area contributed by atoms with E-state index >= 15 is 0 Å². The highest BCUT2D eigenvalue weighted by Gasteiger charge is 2.65. The fraction of sp³-hybridized carbons (Fsp3) is 0.200. The molecule has 2 atom stereocenters. The number of para-hydroxylation sites is 1. The molecule has 0 fully saturated rings. The summed E-state index contributed by atoms with van der Waals surface area (Å²) in [5.41, 5.74) is -0.903. The van der Waals surface area contributed by atoms with Crippen LogP contribution in [0.25, 0.3) is 0 Å². The lowest BCUT2D eigenvalue weighted by atomic mass is 9.74. The Balaban J connectivity index is 2.07. The van der Waals surface area contributed by atoms with Crippen molar-refractivity contribution >= 4 is 29.4 Å². The van der Waals surface area contributed by atoms with Crippen LogP contribution in [0.15, 0.2) is 48.5 Å². The van der Waals surface area contributed by atoms with Gasteiger partial charge >= 0.3 is 11.9 Å². The molecule has 2 amide bonds. The molecule has 2 aliphatic rings. The normalized spacial score (nSPS) is 22.9. The van der Waals surface area contributed by atoms with E-state index in [2.05, 4.69) is 0 Å². The Bertz CT molecular complexity index is 1010. The number of nitrogens with zero attached hydrogens (tertiary/aromatic N) is 1. The van der Waals surface area contributed by atoms with Gasteiger partial charge in [-0.15, -0.1) is 0 Å². The molecule has 2 aliphatic heterocycles. The molecule has 7 heteroatoms. The molecule has 0 radical (unpaired) electrons. The van der Waals surface area contributed by atoms with Crippen LogP contribution in [0.2, 0.25) is 0 Å². The second kappa shape index (κ2) is 5.77. The fourth-order valence-electron chi connectivity index (χ4n) is 3.89. The van der Waals surface area contributed by atoms with E-state index in [1.807, 2.05) is 0 Å². The van der Waals surface area contributed by atoms with Gasteiger partial charge in [0.2, 0.25) is 11.5 Å². The summed E-state index contributed by atoms with van der Waals surface area (Å²) in [4.78, 5) is 52.0. The third-order valence-corrected chi connectivity index (χ3v) is 4.97. The number of hydrogen-bond acceptors (Lipinski definition) is 6. The molecule has 0 aromatic heterocycles. The zero-order chi connectivity index (χ0) is 19.3. The monoisotopic (exact) mass is 365 g/mol. The Hall–Kier alpha value is -3.48. The van der Waals surface area contributed by atoms with Crippen molar-refractivity contribution in [1.82, 2.24) is 0 Å². The molecule has 0 saturated carbocycles. The van der Waals surface area contributed by atoms with E-state index in [0.29, 0.717) is 5.56 Å². The molecule has 0 bridgehead atoms. The van der Waals surface area contributed by atoms with Crippen LogP contribution in [-0.2, 0) is 29.5 Å². The van der Waals surface area contributed by atoms with E-state index in [1.165, 1.54) is 20.1 Å². The van der Waals surface area contributed by atoms with Gasteiger partial charge in [-0.25, -0.2) is 9.69 Å². The number of rotatable bonds is 1. The number of esters is 2.